The molecule has 0 bridgehead atoms. The summed E-state index contributed by atoms with van der Waals surface area (Å²) in [5.41, 5.74) is 0.478. The minimum absolute atomic E-state index is 0.118. The molecule has 35 heavy (non-hydrogen) atoms. The number of carbonyl (C=O) groups excluding carboxylic acids is 2. The summed E-state index contributed by atoms with van der Waals surface area (Å²) in [6, 6.07) is 19.4. The third kappa shape index (κ3) is 4.79. The zero-order valence-electron chi connectivity index (χ0n) is 18.7. The Balaban J connectivity index is 1.47. The number of imide groups is 1. The van der Waals surface area contributed by atoms with Crippen LogP contribution in [0.4, 0.5) is 0 Å². The zero-order chi connectivity index (χ0) is 25.2. The maximum absolute atomic E-state index is 13.1. The van der Waals surface area contributed by atoms with Gasteiger partial charge in [0.15, 0.2) is 0 Å². The van der Waals surface area contributed by atoms with Crippen LogP contribution in [0.1, 0.15) is 27.1 Å². The summed E-state index contributed by atoms with van der Waals surface area (Å²) in [6.45, 7) is -0.243. The summed E-state index contributed by atoms with van der Waals surface area (Å²) in [5.74, 6) is -1.46. The highest BCUT2D eigenvalue weighted by atomic mass is 32.2. The van der Waals surface area contributed by atoms with Crippen LogP contribution in [0.3, 0.4) is 0 Å². The van der Waals surface area contributed by atoms with Gasteiger partial charge in [-0.3, -0.25) is 19.3 Å². The second-order valence-corrected chi connectivity index (χ2v) is 9.86. The molecular formula is C25H22N2O7S. The molecule has 0 saturated carbocycles. The molecule has 1 N–H and O–H groups in total. The van der Waals surface area contributed by atoms with Gasteiger partial charge < -0.3 is 9.84 Å². The molecule has 1 aliphatic rings. The van der Waals surface area contributed by atoms with Crippen LogP contribution >= 0.6 is 0 Å². The third-order valence-electron chi connectivity index (χ3n) is 5.71. The van der Waals surface area contributed by atoms with E-state index in [2.05, 4.69) is 0 Å². The third-order valence-corrected chi connectivity index (χ3v) is 7.59. The quantitative estimate of drug-likeness (QED) is 0.453. The maximum atomic E-state index is 13.1. The van der Waals surface area contributed by atoms with E-state index < -0.39 is 33.8 Å². The van der Waals surface area contributed by atoms with Crippen LogP contribution in [0.25, 0.3) is 0 Å². The molecule has 4 rings (SSSR count). The lowest BCUT2D eigenvalue weighted by Crippen LogP contribution is -2.45. The molecule has 1 aliphatic heterocycles. The number of fused-ring (bicyclic) bond motifs is 1. The number of benzene rings is 3. The highest BCUT2D eigenvalue weighted by molar-refractivity contribution is 7.89. The van der Waals surface area contributed by atoms with E-state index in [4.69, 9.17) is 4.74 Å². The molecule has 1 atom stereocenters. The Bertz CT molecular complexity index is 1340. The number of carbonyl (C=O) groups is 3. The normalized spacial score (nSPS) is 14.2. The van der Waals surface area contributed by atoms with E-state index in [1.807, 2.05) is 6.07 Å². The van der Waals surface area contributed by atoms with Gasteiger partial charge in [0.1, 0.15) is 17.5 Å². The molecule has 0 saturated heterocycles. The van der Waals surface area contributed by atoms with E-state index in [0.717, 1.165) is 16.3 Å². The van der Waals surface area contributed by atoms with E-state index in [1.54, 1.807) is 36.4 Å². The van der Waals surface area contributed by atoms with Crippen molar-refractivity contribution in [2.24, 2.45) is 0 Å². The number of amides is 2. The summed E-state index contributed by atoms with van der Waals surface area (Å²) < 4.78 is 32.6. The molecular weight excluding hydrogens is 472 g/mol. The largest absolute Gasteiger partial charge is 0.480 e. The molecule has 0 aromatic heterocycles. The number of nitrogens with zero attached hydrogens (tertiary/aromatic N) is 2. The number of sulfonamides is 1. The van der Waals surface area contributed by atoms with Gasteiger partial charge in [-0.05, 0) is 55.0 Å². The molecule has 0 fully saturated rings. The fraction of sp³-hybridized carbons (Fsp3) is 0.160. The Hall–Kier alpha value is -4.02. The second kappa shape index (κ2) is 9.69. The standard InChI is InChI=1S/C25H22N2O7S/c1-26(35(32,33)19-13-11-18(12-14-19)34-17-7-3-2-4-8-17)22(25(30)31)15-16-27-23(28)20-9-5-6-10-21(20)24(27)29/h2-14,22H,15-16H2,1H3,(H,30,31). The minimum atomic E-state index is -4.19. The first-order valence-electron chi connectivity index (χ1n) is 10.7. The number of carboxylic acid groups (broad SMARTS) is 1. The molecule has 2 amide bonds. The molecule has 3 aromatic rings. The first-order chi connectivity index (χ1) is 16.7. The molecule has 0 spiro atoms. The first-order valence-corrected chi connectivity index (χ1v) is 12.1. The van der Waals surface area contributed by atoms with Crippen molar-refractivity contribution in [1.82, 2.24) is 9.21 Å². The number of para-hydroxylation sites is 1. The number of likely N-dealkylation sites (N-methyl/N-ethyl adjacent to an activating group) is 1. The minimum Gasteiger partial charge on any atom is -0.480 e. The summed E-state index contributed by atoms with van der Waals surface area (Å²) >= 11 is 0. The van der Waals surface area contributed by atoms with E-state index in [9.17, 15) is 27.9 Å². The smallest absolute Gasteiger partial charge is 0.322 e. The Morgan fingerprint density at radius 3 is 1.94 bits per heavy atom. The second-order valence-electron chi connectivity index (χ2n) is 7.86. The van der Waals surface area contributed by atoms with Gasteiger partial charge in [-0.1, -0.05) is 30.3 Å². The Morgan fingerprint density at radius 2 is 1.40 bits per heavy atom. The van der Waals surface area contributed by atoms with Crippen LogP contribution in [-0.2, 0) is 14.8 Å². The van der Waals surface area contributed by atoms with Gasteiger partial charge in [-0.2, -0.15) is 4.31 Å². The van der Waals surface area contributed by atoms with Crippen LogP contribution in [0, 0.1) is 0 Å². The van der Waals surface area contributed by atoms with E-state index >= 15 is 0 Å². The molecule has 1 heterocycles. The lowest BCUT2D eigenvalue weighted by atomic mass is 10.1. The average Bonchev–Trinajstić information content (AvgIpc) is 3.10. The molecule has 9 nitrogen and oxygen atoms in total. The molecule has 3 aromatic carbocycles. The van der Waals surface area contributed by atoms with E-state index in [1.165, 1.54) is 36.4 Å². The number of hydrogen-bond donors (Lipinski definition) is 1. The van der Waals surface area contributed by atoms with Gasteiger partial charge in [-0.25, -0.2) is 8.42 Å². The molecule has 10 heteroatoms. The Labute approximate surface area is 202 Å². The lowest BCUT2D eigenvalue weighted by molar-refractivity contribution is -0.141. The topological polar surface area (TPSA) is 121 Å². The van der Waals surface area contributed by atoms with Crippen molar-refractivity contribution in [3.05, 3.63) is 90.0 Å². The highest BCUT2D eigenvalue weighted by Crippen LogP contribution is 2.26. The van der Waals surface area contributed by atoms with Crippen molar-refractivity contribution >= 4 is 27.8 Å². The zero-order valence-corrected chi connectivity index (χ0v) is 19.5. The van der Waals surface area contributed by atoms with Gasteiger partial charge in [-0.15, -0.1) is 0 Å². The first kappa shape index (κ1) is 24.1. The fourth-order valence-electron chi connectivity index (χ4n) is 3.79. The van der Waals surface area contributed by atoms with Gasteiger partial charge in [0.05, 0.1) is 16.0 Å². The van der Waals surface area contributed by atoms with Crippen molar-refractivity contribution in [3.8, 4) is 11.5 Å². The number of rotatable bonds is 9. The van der Waals surface area contributed by atoms with E-state index in [0.29, 0.717) is 11.5 Å². The maximum Gasteiger partial charge on any atom is 0.322 e. The Kier molecular flexibility index (Phi) is 6.68. The number of hydrogen-bond acceptors (Lipinski definition) is 6. The van der Waals surface area contributed by atoms with Crippen LogP contribution < -0.4 is 4.74 Å². The predicted octanol–water partition coefficient (Wildman–Crippen LogP) is 3.24. The fourth-order valence-corrected chi connectivity index (χ4v) is 5.14. The van der Waals surface area contributed by atoms with Gasteiger partial charge in [0, 0.05) is 13.6 Å². The van der Waals surface area contributed by atoms with Crippen molar-refractivity contribution in [2.75, 3.05) is 13.6 Å². The summed E-state index contributed by atoms with van der Waals surface area (Å²) in [7, 11) is -3.03. The van der Waals surface area contributed by atoms with Crippen molar-refractivity contribution < 1.29 is 32.6 Å². The molecule has 1 unspecified atom stereocenters. The SMILES string of the molecule is CN(C(CCN1C(=O)c2ccccc2C1=O)C(=O)O)S(=O)(=O)c1ccc(Oc2ccccc2)cc1. The molecule has 180 valence electrons. The highest BCUT2D eigenvalue weighted by Gasteiger charge is 2.38. The number of ether oxygens (including phenoxy) is 1. The summed E-state index contributed by atoms with van der Waals surface area (Å²) in [4.78, 5) is 37.9. The number of carboxylic acids is 1. The van der Waals surface area contributed by atoms with E-state index in [-0.39, 0.29) is 29.0 Å². The monoisotopic (exact) mass is 494 g/mol. The van der Waals surface area contributed by atoms with Crippen LogP contribution in [-0.4, -0.2) is 60.1 Å². The summed E-state index contributed by atoms with van der Waals surface area (Å²) in [5, 5.41) is 9.73. The van der Waals surface area contributed by atoms with Crippen molar-refractivity contribution in [1.29, 1.82) is 0 Å². The van der Waals surface area contributed by atoms with Crippen LogP contribution in [0.2, 0.25) is 0 Å². The molecule has 0 aliphatic carbocycles. The van der Waals surface area contributed by atoms with Crippen LogP contribution in [0.5, 0.6) is 11.5 Å². The van der Waals surface area contributed by atoms with Gasteiger partial charge in [0.2, 0.25) is 10.0 Å². The predicted molar refractivity (Wildman–Crippen MR) is 126 cm³/mol. The van der Waals surface area contributed by atoms with Gasteiger partial charge >= 0.3 is 5.97 Å². The molecule has 0 radical (unpaired) electrons. The van der Waals surface area contributed by atoms with Crippen molar-refractivity contribution in [2.45, 2.75) is 17.4 Å². The summed E-state index contributed by atoms with van der Waals surface area (Å²) in [6.07, 6.45) is -0.272. The van der Waals surface area contributed by atoms with Crippen LogP contribution in [0.15, 0.2) is 83.8 Å². The lowest BCUT2D eigenvalue weighted by Gasteiger charge is -2.25. The Morgan fingerprint density at radius 1 is 0.886 bits per heavy atom. The van der Waals surface area contributed by atoms with Crippen molar-refractivity contribution in [3.63, 3.8) is 0 Å². The number of aliphatic carboxylic acids is 1. The average molecular weight is 495 g/mol. The van der Waals surface area contributed by atoms with Gasteiger partial charge in [0.25, 0.3) is 11.8 Å².